The molecule has 2 aliphatic rings. The second-order valence-electron chi connectivity index (χ2n) is 9.05. The topological polar surface area (TPSA) is 35.9 Å². The molecule has 2 atom stereocenters. The minimum atomic E-state index is -0.0342. The van der Waals surface area contributed by atoms with E-state index in [0.717, 1.165) is 29.8 Å². The average molecular weight is 404 g/mol. The zero-order valence-electron chi connectivity index (χ0n) is 18.7. The Morgan fingerprint density at radius 2 is 1.77 bits per heavy atom. The lowest BCUT2D eigenvalue weighted by Gasteiger charge is -2.34. The fourth-order valence-corrected chi connectivity index (χ4v) is 4.64. The van der Waals surface area contributed by atoms with Gasteiger partial charge in [-0.15, -0.1) is 0 Å². The predicted molar refractivity (Wildman–Crippen MR) is 123 cm³/mol. The molecule has 4 nitrogen and oxygen atoms in total. The highest BCUT2D eigenvalue weighted by Gasteiger charge is 2.35. The molecule has 2 aromatic carbocycles. The van der Waals surface area contributed by atoms with E-state index in [9.17, 15) is 4.79 Å². The zero-order chi connectivity index (χ0) is 21.3. The van der Waals surface area contributed by atoms with Crippen molar-refractivity contribution in [3.05, 3.63) is 70.3 Å². The van der Waals surface area contributed by atoms with E-state index >= 15 is 0 Å². The third-order valence-corrected chi connectivity index (χ3v) is 6.61. The van der Waals surface area contributed by atoms with Crippen LogP contribution in [-0.4, -0.2) is 40.7 Å². The van der Waals surface area contributed by atoms with Crippen molar-refractivity contribution in [2.45, 2.75) is 65.5 Å². The largest absolute Gasteiger partial charge is 0.292 e. The van der Waals surface area contributed by atoms with E-state index < -0.39 is 0 Å². The number of hydrogen-bond donors (Lipinski definition) is 0. The summed E-state index contributed by atoms with van der Waals surface area (Å²) in [4.78, 5) is 15.7. The van der Waals surface area contributed by atoms with Gasteiger partial charge in [0.2, 0.25) is 0 Å². The van der Waals surface area contributed by atoms with Crippen LogP contribution in [0.1, 0.15) is 66.5 Å². The summed E-state index contributed by atoms with van der Waals surface area (Å²) in [6.07, 6.45) is 4.37. The number of hydrazone groups is 1. The van der Waals surface area contributed by atoms with Gasteiger partial charge in [0.05, 0.1) is 18.3 Å². The van der Waals surface area contributed by atoms with E-state index in [1.807, 2.05) is 0 Å². The van der Waals surface area contributed by atoms with Crippen LogP contribution in [0.25, 0.3) is 0 Å². The van der Waals surface area contributed by atoms with Crippen LogP contribution in [-0.2, 0) is 4.79 Å². The molecule has 0 aliphatic carbocycles. The Morgan fingerprint density at radius 1 is 1.03 bits per heavy atom. The lowest BCUT2D eigenvalue weighted by Crippen LogP contribution is -2.44. The van der Waals surface area contributed by atoms with Gasteiger partial charge in [0.25, 0.3) is 5.91 Å². The Labute approximate surface area is 180 Å². The fourth-order valence-electron chi connectivity index (χ4n) is 4.64. The Hall–Kier alpha value is -2.46. The number of piperidine rings is 1. The molecule has 2 heterocycles. The lowest BCUT2D eigenvalue weighted by molar-refractivity contribution is -0.135. The van der Waals surface area contributed by atoms with Gasteiger partial charge in [-0.3, -0.25) is 9.69 Å². The van der Waals surface area contributed by atoms with Gasteiger partial charge in [0.1, 0.15) is 0 Å². The molecule has 0 radical (unpaired) electrons. The Balaban J connectivity index is 1.64. The van der Waals surface area contributed by atoms with Gasteiger partial charge in [0, 0.05) is 18.0 Å². The molecule has 0 N–H and O–H groups in total. The molecule has 158 valence electrons. The summed E-state index contributed by atoms with van der Waals surface area (Å²) >= 11 is 0. The summed E-state index contributed by atoms with van der Waals surface area (Å²) in [5.74, 6) is 0.106. The minimum absolute atomic E-state index is 0.0342. The molecule has 0 saturated carbocycles. The first-order chi connectivity index (χ1) is 14.4. The van der Waals surface area contributed by atoms with Crippen molar-refractivity contribution in [3.63, 3.8) is 0 Å². The zero-order valence-corrected chi connectivity index (χ0v) is 18.7. The van der Waals surface area contributed by atoms with Crippen LogP contribution in [0.3, 0.4) is 0 Å². The molecule has 0 aromatic heterocycles. The third kappa shape index (κ3) is 4.34. The number of carbonyl (C=O) groups is 1. The predicted octanol–water partition coefficient (Wildman–Crippen LogP) is 5.16. The van der Waals surface area contributed by atoms with Crippen molar-refractivity contribution in [1.29, 1.82) is 0 Å². The molecular weight excluding hydrogens is 370 g/mol. The SMILES string of the molecule is Cc1ccc([C@H]2CC(c3cc(C)ccc3C)=NN2C(=O)CN2CCCC[C@@H]2C)cc1. The van der Waals surface area contributed by atoms with Gasteiger partial charge in [0.15, 0.2) is 0 Å². The molecule has 1 amide bonds. The molecule has 4 rings (SSSR count). The van der Waals surface area contributed by atoms with Gasteiger partial charge in [-0.2, -0.15) is 5.10 Å². The Kier molecular flexibility index (Phi) is 6.05. The highest BCUT2D eigenvalue weighted by molar-refractivity contribution is 6.04. The first-order valence-electron chi connectivity index (χ1n) is 11.2. The molecule has 0 spiro atoms. The quantitative estimate of drug-likeness (QED) is 0.706. The van der Waals surface area contributed by atoms with Crippen LogP contribution in [0.2, 0.25) is 0 Å². The van der Waals surface area contributed by atoms with Crippen LogP contribution < -0.4 is 0 Å². The summed E-state index contributed by atoms with van der Waals surface area (Å²) < 4.78 is 0. The number of rotatable bonds is 4. The summed E-state index contributed by atoms with van der Waals surface area (Å²) in [5.41, 5.74) is 6.99. The number of amides is 1. The van der Waals surface area contributed by atoms with Crippen LogP contribution in [0.4, 0.5) is 0 Å². The monoisotopic (exact) mass is 403 g/mol. The smallest absolute Gasteiger partial charge is 0.257 e. The number of aryl methyl sites for hydroxylation is 3. The molecule has 0 unspecified atom stereocenters. The third-order valence-electron chi connectivity index (χ3n) is 6.61. The van der Waals surface area contributed by atoms with Crippen LogP contribution in [0.5, 0.6) is 0 Å². The van der Waals surface area contributed by atoms with E-state index in [4.69, 9.17) is 5.10 Å². The molecule has 2 aliphatic heterocycles. The van der Waals surface area contributed by atoms with Crippen molar-refractivity contribution in [2.24, 2.45) is 5.10 Å². The number of benzene rings is 2. The number of carbonyl (C=O) groups excluding carboxylic acids is 1. The number of hydrogen-bond acceptors (Lipinski definition) is 3. The van der Waals surface area contributed by atoms with Gasteiger partial charge in [-0.25, -0.2) is 5.01 Å². The molecule has 30 heavy (non-hydrogen) atoms. The van der Waals surface area contributed by atoms with E-state index in [2.05, 4.69) is 75.1 Å². The van der Waals surface area contributed by atoms with Crippen molar-refractivity contribution in [2.75, 3.05) is 13.1 Å². The fraction of sp³-hybridized carbons (Fsp3) is 0.462. The molecular formula is C26H33N3O. The maximum absolute atomic E-state index is 13.4. The molecule has 1 fully saturated rings. The molecule has 4 heteroatoms. The van der Waals surface area contributed by atoms with Crippen molar-refractivity contribution < 1.29 is 4.79 Å². The van der Waals surface area contributed by atoms with Gasteiger partial charge >= 0.3 is 0 Å². The average Bonchev–Trinajstić information content (AvgIpc) is 3.17. The normalized spacial score (nSPS) is 22.3. The van der Waals surface area contributed by atoms with E-state index in [1.54, 1.807) is 5.01 Å². The van der Waals surface area contributed by atoms with Crippen molar-refractivity contribution in [1.82, 2.24) is 9.91 Å². The highest BCUT2D eigenvalue weighted by Crippen LogP contribution is 2.34. The second kappa shape index (κ2) is 8.73. The van der Waals surface area contributed by atoms with E-state index in [-0.39, 0.29) is 11.9 Å². The molecule has 0 bridgehead atoms. The summed E-state index contributed by atoms with van der Waals surface area (Å²) in [5, 5.41) is 6.67. The Morgan fingerprint density at radius 3 is 2.50 bits per heavy atom. The van der Waals surface area contributed by atoms with Gasteiger partial charge in [-0.05, 0) is 64.3 Å². The van der Waals surface area contributed by atoms with Crippen LogP contribution in [0, 0.1) is 20.8 Å². The van der Waals surface area contributed by atoms with Gasteiger partial charge in [-0.1, -0.05) is 53.9 Å². The van der Waals surface area contributed by atoms with E-state index in [0.29, 0.717) is 12.6 Å². The maximum Gasteiger partial charge on any atom is 0.257 e. The summed E-state index contributed by atoms with van der Waals surface area (Å²) in [7, 11) is 0. The maximum atomic E-state index is 13.4. The minimum Gasteiger partial charge on any atom is -0.292 e. The van der Waals surface area contributed by atoms with Crippen LogP contribution in [0.15, 0.2) is 47.6 Å². The van der Waals surface area contributed by atoms with Crippen LogP contribution >= 0.6 is 0 Å². The standard InChI is InChI=1S/C26H33N3O/c1-18-9-12-22(13-10-18)25-16-24(23-15-19(2)8-11-20(23)3)27-29(25)26(30)17-28-14-6-5-7-21(28)4/h8-13,15,21,25H,5-7,14,16-17H2,1-4H3/t21-,25+/m0/s1. The van der Waals surface area contributed by atoms with Crippen molar-refractivity contribution in [3.8, 4) is 0 Å². The number of nitrogens with zero attached hydrogens (tertiary/aromatic N) is 3. The summed E-state index contributed by atoms with van der Waals surface area (Å²) in [6.45, 7) is 10.0. The number of likely N-dealkylation sites (tertiary alicyclic amines) is 1. The highest BCUT2D eigenvalue weighted by atomic mass is 16.2. The second-order valence-corrected chi connectivity index (χ2v) is 9.05. The molecule has 1 saturated heterocycles. The van der Waals surface area contributed by atoms with Crippen molar-refractivity contribution >= 4 is 11.6 Å². The van der Waals surface area contributed by atoms with Gasteiger partial charge < -0.3 is 0 Å². The van der Waals surface area contributed by atoms with E-state index in [1.165, 1.54) is 36.0 Å². The molecule has 2 aromatic rings. The first kappa shape index (κ1) is 20.8. The lowest BCUT2D eigenvalue weighted by atomic mass is 9.94. The Bertz CT molecular complexity index is 947. The first-order valence-corrected chi connectivity index (χ1v) is 11.2. The summed E-state index contributed by atoms with van der Waals surface area (Å²) in [6, 6.07) is 15.4.